The highest BCUT2D eigenvalue weighted by atomic mass is 33.1. The van der Waals surface area contributed by atoms with Gasteiger partial charge in [0.25, 0.3) is 0 Å². The molecule has 0 heterocycles. The number of unbranched alkanes of at least 4 members (excludes halogenated alkanes) is 2. The van der Waals surface area contributed by atoms with Gasteiger partial charge < -0.3 is 10.1 Å². The molecule has 0 aliphatic heterocycles. The Kier molecular flexibility index (Phi) is 9.88. The minimum atomic E-state index is -3.88. The maximum atomic E-state index is 10.4. The second-order valence-corrected chi connectivity index (χ2v) is 8.66. The molecule has 0 aromatic heterocycles. The fraction of sp³-hybridized carbons (Fsp3) is 1.00. The number of hydrogen-bond donors (Lipinski definition) is 2. The highest BCUT2D eigenvalue weighted by Gasteiger charge is 2.12. The summed E-state index contributed by atoms with van der Waals surface area (Å²) < 4.78 is 35.3. The molecule has 0 atom stereocenters. The van der Waals surface area contributed by atoms with Crippen LogP contribution in [0.15, 0.2) is 0 Å². The first-order valence-electron chi connectivity index (χ1n) is 7.52. The topological polar surface area (TPSA) is 75.6 Å². The van der Waals surface area contributed by atoms with Crippen LogP contribution in [0.5, 0.6) is 0 Å². The normalized spacial score (nSPS) is 17.4. The summed E-state index contributed by atoms with van der Waals surface area (Å²) in [5.74, 6) is 0.379. The molecule has 2 N–H and O–H groups in total. The minimum Gasteiger partial charge on any atom is -0.378 e. The maximum Gasteiger partial charge on any atom is 0.319 e. The number of rotatable bonds is 11. The zero-order valence-corrected chi connectivity index (χ0v) is 13.7. The van der Waals surface area contributed by atoms with E-state index in [1.165, 1.54) is 32.1 Å². The molecule has 1 rings (SSSR count). The van der Waals surface area contributed by atoms with Gasteiger partial charge in [0.1, 0.15) is 0 Å². The maximum absolute atomic E-state index is 10.4. The van der Waals surface area contributed by atoms with Gasteiger partial charge in [0.05, 0.1) is 6.10 Å². The molecule has 0 radical (unpaired) electrons. The van der Waals surface area contributed by atoms with E-state index in [2.05, 4.69) is 5.32 Å². The zero-order chi connectivity index (χ0) is 14.7. The van der Waals surface area contributed by atoms with Gasteiger partial charge >= 0.3 is 9.15 Å². The predicted octanol–water partition coefficient (Wildman–Crippen LogP) is 2.63. The third-order valence-corrected chi connectivity index (χ3v) is 5.48. The fourth-order valence-electron chi connectivity index (χ4n) is 2.35. The smallest absolute Gasteiger partial charge is 0.319 e. The van der Waals surface area contributed by atoms with Crippen molar-refractivity contribution < 1.29 is 17.7 Å². The van der Waals surface area contributed by atoms with Crippen molar-refractivity contribution in [3.63, 3.8) is 0 Å². The van der Waals surface area contributed by atoms with E-state index in [1.54, 1.807) is 0 Å². The second-order valence-electron chi connectivity index (χ2n) is 5.19. The molecule has 1 saturated carbocycles. The summed E-state index contributed by atoms with van der Waals surface area (Å²) in [5.41, 5.74) is 0. The second kappa shape index (κ2) is 10.8. The number of ether oxygens (including phenoxy) is 1. The van der Waals surface area contributed by atoms with Crippen molar-refractivity contribution in [2.24, 2.45) is 0 Å². The molecule has 0 saturated heterocycles. The molecule has 0 unspecified atom stereocenters. The third-order valence-electron chi connectivity index (χ3n) is 3.41. The van der Waals surface area contributed by atoms with E-state index in [1.807, 2.05) is 0 Å². The number of hydrogen-bond acceptors (Lipinski definition) is 5. The van der Waals surface area contributed by atoms with E-state index in [0.717, 1.165) is 32.4 Å². The molecule has 1 aliphatic carbocycles. The molecule has 0 aromatic carbocycles. The molecule has 5 nitrogen and oxygen atoms in total. The van der Waals surface area contributed by atoms with Crippen LogP contribution in [0.1, 0.15) is 51.4 Å². The first kappa shape index (κ1) is 18.2. The Morgan fingerprint density at radius 1 is 1.10 bits per heavy atom. The van der Waals surface area contributed by atoms with Gasteiger partial charge in [0, 0.05) is 18.9 Å². The van der Waals surface area contributed by atoms with Crippen LogP contribution < -0.4 is 5.32 Å². The first-order chi connectivity index (χ1) is 9.58. The van der Waals surface area contributed by atoms with Crippen LogP contribution in [0.2, 0.25) is 0 Å². The Hall–Kier alpha value is 0.180. The molecule has 120 valence electrons. The Labute approximate surface area is 126 Å². The lowest BCUT2D eigenvalue weighted by Crippen LogP contribution is -2.19. The SMILES string of the molecule is O=S(=O)(O)SCCNCCCCCOC1CCCCC1. The lowest BCUT2D eigenvalue weighted by atomic mass is 9.98. The van der Waals surface area contributed by atoms with Crippen LogP contribution in [0.3, 0.4) is 0 Å². The third kappa shape index (κ3) is 10.9. The average Bonchev–Trinajstić information content (AvgIpc) is 2.41. The van der Waals surface area contributed by atoms with Crippen LogP contribution in [0, 0.1) is 0 Å². The van der Waals surface area contributed by atoms with Crippen LogP contribution in [-0.4, -0.2) is 44.5 Å². The van der Waals surface area contributed by atoms with Crippen LogP contribution >= 0.6 is 10.8 Å². The monoisotopic (exact) mass is 325 g/mol. The molecule has 7 heteroatoms. The molecule has 0 aromatic rings. The first-order valence-corrected chi connectivity index (χ1v) is 10.5. The lowest BCUT2D eigenvalue weighted by Gasteiger charge is -2.21. The van der Waals surface area contributed by atoms with E-state index in [0.29, 0.717) is 29.2 Å². The van der Waals surface area contributed by atoms with Gasteiger partial charge in [0.2, 0.25) is 0 Å². The van der Waals surface area contributed by atoms with Crippen LogP contribution in [0.4, 0.5) is 0 Å². The van der Waals surface area contributed by atoms with Crippen molar-refractivity contribution in [3.8, 4) is 0 Å². The average molecular weight is 325 g/mol. The molecular formula is C13H27NO4S2. The van der Waals surface area contributed by atoms with E-state index in [9.17, 15) is 8.42 Å². The van der Waals surface area contributed by atoms with Gasteiger partial charge in [-0.25, -0.2) is 0 Å². The minimum absolute atomic E-state index is 0.379. The molecule has 1 aliphatic rings. The van der Waals surface area contributed by atoms with Gasteiger partial charge in [-0.05, 0) is 49.4 Å². The van der Waals surface area contributed by atoms with Gasteiger partial charge in [-0.3, -0.25) is 4.55 Å². The predicted molar refractivity (Wildman–Crippen MR) is 83.6 cm³/mol. The zero-order valence-electron chi connectivity index (χ0n) is 12.1. The fourth-order valence-corrected chi connectivity index (χ4v) is 3.67. The lowest BCUT2D eigenvalue weighted by molar-refractivity contribution is 0.0263. The summed E-state index contributed by atoms with van der Waals surface area (Å²) in [6.07, 6.45) is 10.3. The van der Waals surface area contributed by atoms with E-state index >= 15 is 0 Å². The summed E-state index contributed by atoms with van der Waals surface area (Å²) in [4.78, 5) is 0. The summed E-state index contributed by atoms with van der Waals surface area (Å²) in [7, 11) is -3.31. The van der Waals surface area contributed by atoms with Crippen molar-refractivity contribution in [2.45, 2.75) is 57.5 Å². The Balaban J connectivity index is 1.78. The molecule has 20 heavy (non-hydrogen) atoms. The van der Waals surface area contributed by atoms with E-state index in [-0.39, 0.29) is 0 Å². The summed E-state index contributed by atoms with van der Waals surface area (Å²) in [5, 5.41) is 3.16. The molecule has 0 amide bonds. The molecule has 0 spiro atoms. The number of nitrogens with one attached hydrogen (secondary N) is 1. The highest BCUT2D eigenvalue weighted by molar-refractivity contribution is 8.69. The Bertz CT molecular complexity index is 329. The largest absolute Gasteiger partial charge is 0.378 e. The summed E-state index contributed by atoms with van der Waals surface area (Å²) >= 11 is 0. The summed E-state index contributed by atoms with van der Waals surface area (Å²) in [6.45, 7) is 2.35. The van der Waals surface area contributed by atoms with E-state index in [4.69, 9.17) is 9.29 Å². The highest BCUT2D eigenvalue weighted by Crippen LogP contribution is 2.20. The van der Waals surface area contributed by atoms with Gasteiger partial charge in [0.15, 0.2) is 0 Å². The molecular weight excluding hydrogens is 298 g/mol. The van der Waals surface area contributed by atoms with Gasteiger partial charge in [-0.2, -0.15) is 8.42 Å². The quantitative estimate of drug-likeness (QED) is 0.345. The van der Waals surface area contributed by atoms with Gasteiger partial charge in [-0.1, -0.05) is 19.3 Å². The van der Waals surface area contributed by atoms with Crippen LogP contribution in [0.25, 0.3) is 0 Å². The van der Waals surface area contributed by atoms with Crippen molar-refractivity contribution >= 4 is 19.9 Å². The standard InChI is InChI=1S/C13H27NO4S2/c15-20(16,17)19-12-10-14-9-5-2-6-11-18-13-7-3-1-4-8-13/h13-14H,1-12H2,(H,15,16,17). The van der Waals surface area contributed by atoms with Crippen molar-refractivity contribution in [3.05, 3.63) is 0 Å². The van der Waals surface area contributed by atoms with Crippen LogP contribution in [-0.2, 0) is 13.9 Å². The van der Waals surface area contributed by atoms with Gasteiger partial charge in [-0.15, -0.1) is 0 Å². The summed E-state index contributed by atoms with van der Waals surface area (Å²) in [6, 6.07) is 0. The van der Waals surface area contributed by atoms with Crippen molar-refractivity contribution in [2.75, 3.05) is 25.4 Å². The van der Waals surface area contributed by atoms with Crippen molar-refractivity contribution in [1.82, 2.24) is 5.32 Å². The van der Waals surface area contributed by atoms with Crippen molar-refractivity contribution in [1.29, 1.82) is 0 Å². The molecule has 1 fully saturated rings. The molecule has 0 bridgehead atoms. The van der Waals surface area contributed by atoms with E-state index < -0.39 is 9.15 Å². The Morgan fingerprint density at radius 3 is 2.55 bits per heavy atom. The Morgan fingerprint density at radius 2 is 1.85 bits per heavy atom.